The second-order valence-corrected chi connectivity index (χ2v) is 3.66. The molecule has 2 nitrogen and oxygen atoms in total. The van der Waals surface area contributed by atoms with Crippen LogP contribution in [0.1, 0.15) is 44.3 Å². The molecule has 1 heterocycles. The van der Waals surface area contributed by atoms with Crippen molar-refractivity contribution in [2.45, 2.75) is 39.0 Å². The normalized spacial score (nSPS) is 13.2. The zero-order valence-electron chi connectivity index (χ0n) is 8.22. The maximum absolute atomic E-state index is 5.59. The zero-order chi connectivity index (χ0) is 9.68. The summed E-state index contributed by atoms with van der Waals surface area (Å²) < 4.78 is 5.54. The Morgan fingerprint density at radius 1 is 1.62 bits per heavy atom. The molecular formula is C10H16ClNO. The molecule has 0 radical (unpaired) electrons. The van der Waals surface area contributed by atoms with Gasteiger partial charge in [0.15, 0.2) is 5.89 Å². The Morgan fingerprint density at radius 3 is 3.00 bits per heavy atom. The molecule has 0 saturated heterocycles. The van der Waals surface area contributed by atoms with E-state index in [1.807, 2.05) is 6.20 Å². The molecule has 0 aliphatic heterocycles. The number of alkyl halides is 1. The lowest BCUT2D eigenvalue weighted by Crippen LogP contribution is -1.89. The molecule has 0 aromatic carbocycles. The zero-order valence-corrected chi connectivity index (χ0v) is 8.97. The van der Waals surface area contributed by atoms with Gasteiger partial charge in [0.25, 0.3) is 0 Å². The molecule has 74 valence electrons. The molecule has 0 N–H and O–H groups in total. The molecule has 3 heteroatoms. The number of oxazole rings is 1. The van der Waals surface area contributed by atoms with Crippen molar-refractivity contribution < 1.29 is 4.42 Å². The van der Waals surface area contributed by atoms with Crippen LogP contribution in [-0.2, 0) is 6.42 Å². The van der Waals surface area contributed by atoms with Crippen LogP contribution in [0.2, 0.25) is 0 Å². The summed E-state index contributed by atoms with van der Waals surface area (Å²) in [6.07, 6.45) is 4.87. The lowest BCUT2D eigenvalue weighted by molar-refractivity contribution is 0.425. The molecule has 0 aliphatic carbocycles. The van der Waals surface area contributed by atoms with Crippen molar-refractivity contribution in [2.24, 2.45) is 0 Å². The number of hydrogen-bond acceptors (Lipinski definition) is 2. The van der Waals surface area contributed by atoms with Gasteiger partial charge < -0.3 is 4.42 Å². The summed E-state index contributed by atoms with van der Waals surface area (Å²) in [7, 11) is 0. The van der Waals surface area contributed by atoms with Gasteiger partial charge in [-0.25, -0.2) is 4.98 Å². The van der Waals surface area contributed by atoms with Gasteiger partial charge in [-0.2, -0.15) is 0 Å². The molecule has 0 saturated carbocycles. The Labute approximate surface area is 84.3 Å². The molecule has 0 spiro atoms. The molecule has 0 amide bonds. The summed E-state index contributed by atoms with van der Waals surface area (Å²) in [5, 5.41) is 0. The molecule has 13 heavy (non-hydrogen) atoms. The first-order valence-corrected chi connectivity index (χ1v) is 5.32. The average Bonchev–Trinajstić information content (AvgIpc) is 2.54. The highest BCUT2D eigenvalue weighted by molar-refractivity contribution is 6.17. The summed E-state index contributed by atoms with van der Waals surface area (Å²) in [6, 6.07) is 0. The van der Waals surface area contributed by atoms with Gasteiger partial charge in [-0.3, -0.25) is 0 Å². The Hall–Kier alpha value is -0.500. The molecule has 1 atom stereocenters. The van der Waals surface area contributed by atoms with Crippen LogP contribution in [0.15, 0.2) is 10.6 Å². The van der Waals surface area contributed by atoms with Gasteiger partial charge in [-0.1, -0.05) is 20.3 Å². The first kappa shape index (κ1) is 10.6. The van der Waals surface area contributed by atoms with E-state index in [0.29, 0.717) is 11.8 Å². The Morgan fingerprint density at radius 2 is 2.38 bits per heavy atom. The van der Waals surface area contributed by atoms with Crippen LogP contribution in [0.3, 0.4) is 0 Å². The molecule has 1 aromatic heterocycles. The Kier molecular flexibility index (Phi) is 4.29. The molecule has 0 bridgehead atoms. The molecule has 1 rings (SSSR count). The van der Waals surface area contributed by atoms with Crippen LogP contribution in [-0.4, -0.2) is 10.9 Å². The van der Waals surface area contributed by atoms with Crippen molar-refractivity contribution in [2.75, 3.05) is 5.88 Å². The number of nitrogens with zero attached hydrogens (tertiary/aromatic N) is 1. The quantitative estimate of drug-likeness (QED) is 0.683. The fraction of sp³-hybridized carbons (Fsp3) is 0.700. The second kappa shape index (κ2) is 5.28. The molecule has 0 aliphatic rings. The minimum absolute atomic E-state index is 0.474. The second-order valence-electron chi connectivity index (χ2n) is 3.29. The number of halogens is 1. The summed E-state index contributed by atoms with van der Waals surface area (Å²) >= 11 is 5.59. The number of aryl methyl sites for hydroxylation is 1. The van der Waals surface area contributed by atoms with Gasteiger partial charge in [0, 0.05) is 18.2 Å². The largest absolute Gasteiger partial charge is 0.445 e. The van der Waals surface area contributed by atoms with Crippen molar-refractivity contribution in [3.05, 3.63) is 17.8 Å². The maximum atomic E-state index is 5.59. The Balaban J connectivity index is 2.56. The van der Waals surface area contributed by atoms with E-state index in [2.05, 4.69) is 18.8 Å². The fourth-order valence-corrected chi connectivity index (χ4v) is 1.49. The molecule has 0 fully saturated rings. The predicted molar refractivity (Wildman–Crippen MR) is 54.3 cm³/mol. The fourth-order valence-electron chi connectivity index (χ4n) is 1.32. The van der Waals surface area contributed by atoms with Crippen molar-refractivity contribution in [1.82, 2.24) is 4.98 Å². The highest BCUT2D eigenvalue weighted by Gasteiger charge is 2.10. The van der Waals surface area contributed by atoms with Gasteiger partial charge in [-0.15, -0.1) is 11.6 Å². The van der Waals surface area contributed by atoms with Crippen molar-refractivity contribution in [3.63, 3.8) is 0 Å². The smallest absolute Gasteiger partial charge is 0.195 e. The molecular weight excluding hydrogens is 186 g/mol. The van der Waals surface area contributed by atoms with Crippen molar-refractivity contribution >= 4 is 11.6 Å². The lowest BCUT2D eigenvalue weighted by Gasteiger charge is -2.04. The topological polar surface area (TPSA) is 26.0 Å². The van der Waals surface area contributed by atoms with E-state index in [0.717, 1.165) is 24.5 Å². The standard InChI is InChI=1S/C10H16ClNO/c1-3-4-8(2)9-7-12-10(13-9)5-6-11/h7-8H,3-6H2,1-2H3. The highest BCUT2D eigenvalue weighted by atomic mass is 35.5. The first-order chi connectivity index (χ1) is 6.27. The van der Waals surface area contributed by atoms with Gasteiger partial charge in [0.1, 0.15) is 5.76 Å². The maximum Gasteiger partial charge on any atom is 0.195 e. The van der Waals surface area contributed by atoms with E-state index < -0.39 is 0 Å². The molecule has 1 aromatic rings. The predicted octanol–water partition coefficient (Wildman–Crippen LogP) is 3.36. The van der Waals surface area contributed by atoms with Crippen LogP contribution in [0, 0.1) is 0 Å². The monoisotopic (exact) mass is 201 g/mol. The van der Waals surface area contributed by atoms with Crippen molar-refractivity contribution in [1.29, 1.82) is 0 Å². The van der Waals surface area contributed by atoms with E-state index in [-0.39, 0.29) is 0 Å². The van der Waals surface area contributed by atoms with Crippen LogP contribution < -0.4 is 0 Å². The average molecular weight is 202 g/mol. The highest BCUT2D eigenvalue weighted by Crippen LogP contribution is 2.21. The van der Waals surface area contributed by atoms with Crippen LogP contribution in [0.25, 0.3) is 0 Å². The van der Waals surface area contributed by atoms with Crippen molar-refractivity contribution in [3.8, 4) is 0 Å². The van der Waals surface area contributed by atoms with E-state index in [1.165, 1.54) is 6.42 Å². The van der Waals surface area contributed by atoms with Crippen LogP contribution in [0.4, 0.5) is 0 Å². The minimum Gasteiger partial charge on any atom is -0.445 e. The van der Waals surface area contributed by atoms with Crippen LogP contribution in [0.5, 0.6) is 0 Å². The van der Waals surface area contributed by atoms with E-state index in [1.54, 1.807) is 0 Å². The van der Waals surface area contributed by atoms with E-state index in [9.17, 15) is 0 Å². The van der Waals surface area contributed by atoms with Gasteiger partial charge in [0.2, 0.25) is 0 Å². The van der Waals surface area contributed by atoms with Crippen LogP contribution >= 0.6 is 11.6 Å². The van der Waals surface area contributed by atoms with Gasteiger partial charge >= 0.3 is 0 Å². The van der Waals surface area contributed by atoms with E-state index >= 15 is 0 Å². The van der Waals surface area contributed by atoms with Gasteiger partial charge in [0.05, 0.1) is 6.20 Å². The van der Waals surface area contributed by atoms with Gasteiger partial charge in [-0.05, 0) is 6.42 Å². The number of rotatable bonds is 5. The Bertz CT molecular complexity index is 247. The summed E-state index contributed by atoms with van der Waals surface area (Å²) in [4.78, 5) is 4.16. The minimum atomic E-state index is 0.474. The third-order valence-corrected chi connectivity index (χ3v) is 2.28. The third kappa shape index (κ3) is 3.03. The summed E-state index contributed by atoms with van der Waals surface area (Å²) in [5.74, 6) is 2.79. The summed E-state index contributed by atoms with van der Waals surface area (Å²) in [6.45, 7) is 4.33. The third-order valence-electron chi connectivity index (χ3n) is 2.09. The SMILES string of the molecule is CCCC(C)c1cnc(CCCl)o1. The lowest BCUT2D eigenvalue weighted by atomic mass is 10.0. The number of hydrogen-bond donors (Lipinski definition) is 0. The van der Waals surface area contributed by atoms with E-state index in [4.69, 9.17) is 16.0 Å². The number of aromatic nitrogens is 1. The first-order valence-electron chi connectivity index (χ1n) is 4.78. The summed E-state index contributed by atoms with van der Waals surface area (Å²) in [5.41, 5.74) is 0. The molecule has 1 unspecified atom stereocenters.